The molecule has 0 atom stereocenters. The predicted molar refractivity (Wildman–Crippen MR) is 67.5 cm³/mol. The van der Waals surface area contributed by atoms with Crippen molar-refractivity contribution in [3.05, 3.63) is 34.7 Å². The van der Waals surface area contributed by atoms with Gasteiger partial charge in [0, 0.05) is 4.70 Å². The zero-order valence-electron chi connectivity index (χ0n) is 9.57. The van der Waals surface area contributed by atoms with Crippen LogP contribution in [0.15, 0.2) is 23.6 Å². The van der Waals surface area contributed by atoms with Crippen LogP contribution in [-0.4, -0.2) is 11.1 Å². The average molecular weight is 234 g/mol. The van der Waals surface area contributed by atoms with Gasteiger partial charge in [-0.25, -0.2) is 4.79 Å². The van der Waals surface area contributed by atoms with Gasteiger partial charge in [0.25, 0.3) is 0 Å². The highest BCUT2D eigenvalue weighted by Gasteiger charge is 2.18. The molecular formula is C13H14O2S. The van der Waals surface area contributed by atoms with Crippen molar-refractivity contribution in [2.45, 2.75) is 26.2 Å². The summed E-state index contributed by atoms with van der Waals surface area (Å²) in [7, 11) is 0. The largest absolute Gasteiger partial charge is 0.478 e. The van der Waals surface area contributed by atoms with Crippen molar-refractivity contribution < 1.29 is 9.90 Å². The predicted octanol–water partition coefficient (Wildman–Crippen LogP) is 3.90. The summed E-state index contributed by atoms with van der Waals surface area (Å²) in [6, 6.07) is 5.33. The zero-order chi connectivity index (χ0) is 11.9. The van der Waals surface area contributed by atoms with Crippen molar-refractivity contribution in [1.82, 2.24) is 0 Å². The summed E-state index contributed by atoms with van der Waals surface area (Å²) < 4.78 is 1.05. The van der Waals surface area contributed by atoms with Gasteiger partial charge in [0.1, 0.15) is 0 Å². The summed E-state index contributed by atoms with van der Waals surface area (Å²) in [6.07, 6.45) is 0. The van der Waals surface area contributed by atoms with E-state index in [1.807, 2.05) is 6.07 Å². The maximum Gasteiger partial charge on any atom is 0.335 e. The van der Waals surface area contributed by atoms with Gasteiger partial charge in [-0.3, -0.25) is 0 Å². The fraction of sp³-hybridized carbons (Fsp3) is 0.308. The summed E-state index contributed by atoms with van der Waals surface area (Å²) in [5, 5.41) is 12.2. The summed E-state index contributed by atoms with van der Waals surface area (Å²) in [4.78, 5) is 10.9. The average Bonchev–Trinajstić information content (AvgIpc) is 2.58. The number of thiophene rings is 1. The smallest absolute Gasteiger partial charge is 0.335 e. The van der Waals surface area contributed by atoms with Crippen LogP contribution < -0.4 is 0 Å². The molecule has 84 valence electrons. The molecule has 0 aliphatic rings. The van der Waals surface area contributed by atoms with E-state index in [1.54, 1.807) is 23.5 Å². The fourth-order valence-corrected chi connectivity index (χ4v) is 2.97. The number of aromatic carboxylic acids is 1. The van der Waals surface area contributed by atoms with Crippen LogP contribution in [0, 0.1) is 0 Å². The summed E-state index contributed by atoms with van der Waals surface area (Å²) >= 11 is 1.61. The first-order valence-electron chi connectivity index (χ1n) is 5.14. The molecule has 0 amide bonds. The quantitative estimate of drug-likeness (QED) is 0.812. The van der Waals surface area contributed by atoms with Crippen molar-refractivity contribution in [1.29, 1.82) is 0 Å². The Morgan fingerprint density at radius 3 is 2.56 bits per heavy atom. The molecule has 0 fully saturated rings. The van der Waals surface area contributed by atoms with E-state index in [-0.39, 0.29) is 5.41 Å². The Kier molecular flexibility index (Phi) is 2.50. The topological polar surface area (TPSA) is 37.3 Å². The maximum absolute atomic E-state index is 10.9. The Hall–Kier alpha value is -1.35. The number of hydrogen-bond donors (Lipinski definition) is 1. The highest BCUT2D eigenvalue weighted by atomic mass is 32.1. The number of carbonyl (C=O) groups is 1. The van der Waals surface area contributed by atoms with Crippen molar-refractivity contribution >= 4 is 27.4 Å². The monoisotopic (exact) mass is 234 g/mol. The van der Waals surface area contributed by atoms with E-state index >= 15 is 0 Å². The highest BCUT2D eigenvalue weighted by Crippen LogP contribution is 2.34. The Bertz CT molecular complexity index is 547. The molecule has 0 unspecified atom stereocenters. The van der Waals surface area contributed by atoms with E-state index in [4.69, 9.17) is 5.11 Å². The SMILES string of the molecule is CC(C)(C)c1csc2cc(C(=O)O)ccc12. The van der Waals surface area contributed by atoms with Gasteiger partial charge in [-0.05, 0) is 33.9 Å². The van der Waals surface area contributed by atoms with Crippen LogP contribution in [0.4, 0.5) is 0 Å². The molecule has 0 saturated heterocycles. The molecule has 2 rings (SSSR count). The first kappa shape index (κ1) is 11.1. The van der Waals surface area contributed by atoms with Crippen molar-refractivity contribution in [2.75, 3.05) is 0 Å². The molecule has 1 heterocycles. The van der Waals surface area contributed by atoms with Crippen LogP contribution in [0.2, 0.25) is 0 Å². The van der Waals surface area contributed by atoms with Crippen LogP contribution in [0.25, 0.3) is 10.1 Å². The number of carboxylic acids is 1. The van der Waals surface area contributed by atoms with E-state index in [9.17, 15) is 4.79 Å². The van der Waals surface area contributed by atoms with Crippen LogP contribution in [0.5, 0.6) is 0 Å². The van der Waals surface area contributed by atoms with E-state index in [2.05, 4.69) is 26.2 Å². The fourth-order valence-electron chi connectivity index (χ4n) is 1.74. The molecular weight excluding hydrogens is 220 g/mol. The summed E-state index contributed by atoms with van der Waals surface area (Å²) in [5.74, 6) is -0.868. The van der Waals surface area contributed by atoms with Gasteiger partial charge in [0.05, 0.1) is 5.56 Å². The molecule has 0 bridgehead atoms. The standard InChI is InChI=1S/C13H14O2S/c1-13(2,3)10-7-16-11-6-8(12(14)15)4-5-9(10)11/h4-7H,1-3H3,(H,14,15). The Morgan fingerprint density at radius 2 is 2.00 bits per heavy atom. The van der Waals surface area contributed by atoms with Crippen molar-refractivity contribution in [3.63, 3.8) is 0 Å². The second-order valence-corrected chi connectivity index (χ2v) is 5.83. The first-order chi connectivity index (χ1) is 7.39. The molecule has 0 aliphatic carbocycles. The van der Waals surface area contributed by atoms with Crippen molar-refractivity contribution in [3.8, 4) is 0 Å². The van der Waals surface area contributed by atoms with Gasteiger partial charge in [-0.2, -0.15) is 0 Å². The molecule has 16 heavy (non-hydrogen) atoms. The minimum atomic E-state index is -0.868. The molecule has 2 aromatic rings. The minimum absolute atomic E-state index is 0.100. The Balaban J connectivity index is 2.64. The number of carboxylic acid groups (broad SMARTS) is 1. The van der Waals surface area contributed by atoms with Crippen molar-refractivity contribution in [2.24, 2.45) is 0 Å². The van der Waals surface area contributed by atoms with Gasteiger partial charge >= 0.3 is 5.97 Å². The third-order valence-corrected chi connectivity index (χ3v) is 3.58. The number of fused-ring (bicyclic) bond motifs is 1. The van der Waals surface area contributed by atoms with E-state index < -0.39 is 5.97 Å². The molecule has 1 aromatic carbocycles. The second kappa shape index (κ2) is 3.59. The summed E-state index contributed by atoms with van der Waals surface area (Å²) in [6.45, 7) is 6.50. The zero-order valence-corrected chi connectivity index (χ0v) is 10.4. The lowest BCUT2D eigenvalue weighted by molar-refractivity contribution is 0.0697. The van der Waals surface area contributed by atoms with Crippen LogP contribution in [0.1, 0.15) is 36.7 Å². The molecule has 0 aliphatic heterocycles. The highest BCUT2D eigenvalue weighted by molar-refractivity contribution is 7.17. The molecule has 0 radical (unpaired) electrons. The molecule has 1 aromatic heterocycles. The molecule has 3 heteroatoms. The van der Waals surface area contributed by atoms with E-state index in [0.717, 1.165) is 4.70 Å². The third kappa shape index (κ3) is 1.83. The normalized spacial score (nSPS) is 11.9. The van der Waals surface area contributed by atoms with Gasteiger partial charge in [-0.15, -0.1) is 11.3 Å². The third-order valence-electron chi connectivity index (χ3n) is 2.63. The second-order valence-electron chi connectivity index (χ2n) is 4.92. The lowest BCUT2D eigenvalue weighted by Crippen LogP contribution is -2.09. The van der Waals surface area contributed by atoms with E-state index in [1.165, 1.54) is 10.9 Å². The van der Waals surface area contributed by atoms with Gasteiger partial charge in [0.15, 0.2) is 0 Å². The Morgan fingerprint density at radius 1 is 1.31 bits per heavy atom. The molecule has 0 spiro atoms. The van der Waals surface area contributed by atoms with Crippen LogP contribution >= 0.6 is 11.3 Å². The van der Waals surface area contributed by atoms with Crippen LogP contribution in [-0.2, 0) is 5.41 Å². The number of hydrogen-bond acceptors (Lipinski definition) is 2. The lowest BCUT2D eigenvalue weighted by Gasteiger charge is -2.17. The van der Waals surface area contributed by atoms with Gasteiger partial charge < -0.3 is 5.11 Å². The molecule has 0 saturated carbocycles. The number of benzene rings is 1. The molecule has 2 nitrogen and oxygen atoms in total. The van der Waals surface area contributed by atoms with E-state index in [0.29, 0.717) is 5.56 Å². The number of rotatable bonds is 1. The summed E-state index contributed by atoms with van der Waals surface area (Å²) in [5.41, 5.74) is 1.74. The minimum Gasteiger partial charge on any atom is -0.478 e. The van der Waals surface area contributed by atoms with Crippen LogP contribution in [0.3, 0.4) is 0 Å². The maximum atomic E-state index is 10.9. The Labute approximate surface area is 98.5 Å². The van der Waals surface area contributed by atoms with Gasteiger partial charge in [0.2, 0.25) is 0 Å². The first-order valence-corrected chi connectivity index (χ1v) is 6.02. The molecule has 1 N–H and O–H groups in total. The lowest BCUT2D eigenvalue weighted by atomic mass is 9.87. The van der Waals surface area contributed by atoms with Gasteiger partial charge in [-0.1, -0.05) is 26.8 Å².